The molecule has 2 rings (SSSR count). The van der Waals surface area contributed by atoms with E-state index < -0.39 is 0 Å². The van der Waals surface area contributed by atoms with E-state index in [1.54, 1.807) is 6.07 Å². The first-order valence-corrected chi connectivity index (χ1v) is 7.08. The Balaban J connectivity index is 2.33. The number of nitrogens with zero attached hydrogens (tertiary/aromatic N) is 1. The van der Waals surface area contributed by atoms with Crippen LogP contribution in [-0.2, 0) is 0 Å². The maximum atomic E-state index is 13.4. The van der Waals surface area contributed by atoms with Crippen molar-refractivity contribution < 1.29 is 4.39 Å². The van der Waals surface area contributed by atoms with Gasteiger partial charge in [-0.1, -0.05) is 13.8 Å². The van der Waals surface area contributed by atoms with Gasteiger partial charge in [0.25, 0.3) is 0 Å². The number of piperazine rings is 1. The number of anilines is 1. The minimum Gasteiger partial charge on any atom is -0.365 e. The Kier molecular flexibility index (Phi) is 3.86. The molecule has 1 unspecified atom stereocenters. The van der Waals surface area contributed by atoms with Gasteiger partial charge in [-0.3, -0.25) is 0 Å². The number of halogens is 1. The molecule has 106 valence electrons. The van der Waals surface area contributed by atoms with Crippen LogP contribution in [-0.4, -0.2) is 24.7 Å². The second kappa shape index (κ2) is 5.12. The van der Waals surface area contributed by atoms with Crippen LogP contribution < -0.4 is 10.2 Å². The molecule has 1 aromatic carbocycles. The molecule has 3 heteroatoms. The van der Waals surface area contributed by atoms with Gasteiger partial charge in [-0.05, 0) is 50.5 Å². The van der Waals surface area contributed by atoms with Gasteiger partial charge in [0.2, 0.25) is 0 Å². The Hall–Kier alpha value is -1.09. The summed E-state index contributed by atoms with van der Waals surface area (Å²) >= 11 is 0. The third kappa shape index (κ3) is 3.08. The lowest BCUT2D eigenvalue weighted by Gasteiger charge is -2.47. The van der Waals surface area contributed by atoms with E-state index in [9.17, 15) is 4.39 Å². The average Bonchev–Trinajstić information content (AvgIpc) is 2.31. The quantitative estimate of drug-likeness (QED) is 0.881. The van der Waals surface area contributed by atoms with Crippen molar-refractivity contribution in [1.29, 1.82) is 0 Å². The van der Waals surface area contributed by atoms with Crippen LogP contribution in [0.5, 0.6) is 0 Å². The Morgan fingerprint density at radius 1 is 1.37 bits per heavy atom. The fraction of sp³-hybridized carbons (Fsp3) is 0.625. The molecule has 0 radical (unpaired) electrons. The molecule has 0 amide bonds. The lowest BCUT2D eigenvalue weighted by atomic mass is 9.92. The van der Waals surface area contributed by atoms with E-state index in [0.29, 0.717) is 12.0 Å². The van der Waals surface area contributed by atoms with Gasteiger partial charge in [-0.25, -0.2) is 4.39 Å². The van der Waals surface area contributed by atoms with Crippen molar-refractivity contribution in [1.82, 2.24) is 5.32 Å². The van der Waals surface area contributed by atoms with E-state index in [2.05, 4.69) is 37.9 Å². The zero-order valence-electron chi connectivity index (χ0n) is 12.6. The van der Waals surface area contributed by atoms with Crippen molar-refractivity contribution in [3.63, 3.8) is 0 Å². The summed E-state index contributed by atoms with van der Waals surface area (Å²) in [6.07, 6.45) is 0. The average molecular weight is 264 g/mol. The maximum Gasteiger partial charge on any atom is 0.126 e. The summed E-state index contributed by atoms with van der Waals surface area (Å²) in [5.74, 6) is 0.438. The monoisotopic (exact) mass is 264 g/mol. The first-order chi connectivity index (χ1) is 8.80. The van der Waals surface area contributed by atoms with Crippen LogP contribution in [0.4, 0.5) is 10.1 Å². The molecule has 1 aromatic rings. The Morgan fingerprint density at radius 2 is 2.05 bits per heavy atom. The first-order valence-electron chi connectivity index (χ1n) is 7.08. The molecular formula is C16H25FN2. The van der Waals surface area contributed by atoms with Gasteiger partial charge >= 0.3 is 0 Å². The second-order valence-electron chi connectivity index (χ2n) is 6.64. The van der Waals surface area contributed by atoms with Crippen LogP contribution in [0.15, 0.2) is 18.2 Å². The normalized spacial score (nSPS) is 22.9. The summed E-state index contributed by atoms with van der Waals surface area (Å²) in [6.45, 7) is 12.7. The van der Waals surface area contributed by atoms with E-state index in [1.165, 1.54) is 0 Å². The van der Waals surface area contributed by atoms with Crippen molar-refractivity contribution >= 4 is 5.69 Å². The fourth-order valence-electron chi connectivity index (χ4n) is 2.78. The number of hydrogen-bond donors (Lipinski definition) is 1. The van der Waals surface area contributed by atoms with Crippen LogP contribution in [0.3, 0.4) is 0 Å². The van der Waals surface area contributed by atoms with Crippen LogP contribution in [0.25, 0.3) is 0 Å². The van der Waals surface area contributed by atoms with Gasteiger partial charge in [-0.2, -0.15) is 0 Å². The molecule has 19 heavy (non-hydrogen) atoms. The molecule has 0 spiro atoms. The first kappa shape index (κ1) is 14.3. The minimum atomic E-state index is -0.126. The summed E-state index contributed by atoms with van der Waals surface area (Å²) in [7, 11) is 0. The van der Waals surface area contributed by atoms with Gasteiger partial charge in [0.15, 0.2) is 0 Å². The Bertz CT molecular complexity index is 454. The van der Waals surface area contributed by atoms with E-state index >= 15 is 0 Å². The number of aryl methyl sites for hydroxylation is 1. The molecule has 1 heterocycles. The van der Waals surface area contributed by atoms with E-state index in [1.807, 2.05) is 19.1 Å². The predicted octanol–water partition coefficient (Wildman–Crippen LogP) is 3.35. The second-order valence-corrected chi connectivity index (χ2v) is 6.64. The Morgan fingerprint density at radius 3 is 2.63 bits per heavy atom. The highest BCUT2D eigenvalue weighted by Crippen LogP contribution is 2.28. The Labute approximate surface area is 116 Å². The SMILES string of the molecule is Cc1cc(N2CC(C)(C)NCC2C(C)C)ccc1F. The largest absolute Gasteiger partial charge is 0.365 e. The third-order valence-corrected chi connectivity index (χ3v) is 4.00. The minimum absolute atomic E-state index is 0.0910. The molecule has 2 nitrogen and oxygen atoms in total. The lowest BCUT2D eigenvalue weighted by Crippen LogP contribution is -2.63. The summed E-state index contributed by atoms with van der Waals surface area (Å²) in [5.41, 5.74) is 1.94. The zero-order chi connectivity index (χ0) is 14.2. The van der Waals surface area contributed by atoms with Gasteiger partial charge in [0.1, 0.15) is 5.82 Å². The van der Waals surface area contributed by atoms with Crippen LogP contribution in [0, 0.1) is 18.7 Å². The lowest BCUT2D eigenvalue weighted by molar-refractivity contribution is 0.277. The molecule has 1 fully saturated rings. The topological polar surface area (TPSA) is 15.3 Å². The molecule has 1 aliphatic rings. The number of rotatable bonds is 2. The van der Waals surface area contributed by atoms with Crippen molar-refractivity contribution in [3.8, 4) is 0 Å². The predicted molar refractivity (Wildman–Crippen MR) is 79.2 cm³/mol. The molecule has 0 bridgehead atoms. The molecule has 0 aromatic heterocycles. The number of nitrogens with one attached hydrogen (secondary N) is 1. The highest BCUT2D eigenvalue weighted by Gasteiger charge is 2.34. The van der Waals surface area contributed by atoms with Crippen molar-refractivity contribution in [3.05, 3.63) is 29.6 Å². The van der Waals surface area contributed by atoms with E-state index in [-0.39, 0.29) is 11.4 Å². The molecule has 1 N–H and O–H groups in total. The van der Waals surface area contributed by atoms with Gasteiger partial charge in [0, 0.05) is 30.4 Å². The van der Waals surface area contributed by atoms with Crippen molar-refractivity contribution in [2.75, 3.05) is 18.0 Å². The molecule has 1 aliphatic heterocycles. The highest BCUT2D eigenvalue weighted by molar-refractivity contribution is 5.51. The third-order valence-electron chi connectivity index (χ3n) is 4.00. The van der Waals surface area contributed by atoms with Gasteiger partial charge in [0.05, 0.1) is 0 Å². The summed E-state index contributed by atoms with van der Waals surface area (Å²) < 4.78 is 13.4. The van der Waals surface area contributed by atoms with Crippen LogP contribution in [0.2, 0.25) is 0 Å². The van der Waals surface area contributed by atoms with Crippen LogP contribution in [0.1, 0.15) is 33.3 Å². The number of benzene rings is 1. The number of hydrogen-bond acceptors (Lipinski definition) is 2. The van der Waals surface area contributed by atoms with Gasteiger partial charge < -0.3 is 10.2 Å². The highest BCUT2D eigenvalue weighted by atomic mass is 19.1. The molecule has 1 atom stereocenters. The molecule has 0 saturated carbocycles. The molecule has 1 saturated heterocycles. The van der Waals surface area contributed by atoms with Crippen molar-refractivity contribution in [2.24, 2.45) is 5.92 Å². The standard InChI is InChI=1S/C16H25FN2/c1-11(2)15-9-18-16(4,5)10-19(15)13-6-7-14(17)12(3)8-13/h6-8,11,15,18H,9-10H2,1-5H3. The zero-order valence-corrected chi connectivity index (χ0v) is 12.6. The summed E-state index contributed by atoms with van der Waals surface area (Å²) in [4.78, 5) is 2.42. The van der Waals surface area contributed by atoms with E-state index in [4.69, 9.17) is 0 Å². The molecule has 0 aliphatic carbocycles. The van der Waals surface area contributed by atoms with E-state index in [0.717, 1.165) is 24.3 Å². The van der Waals surface area contributed by atoms with Gasteiger partial charge in [-0.15, -0.1) is 0 Å². The van der Waals surface area contributed by atoms with Crippen LogP contribution >= 0.6 is 0 Å². The molecular weight excluding hydrogens is 239 g/mol. The summed E-state index contributed by atoms with van der Waals surface area (Å²) in [6, 6.07) is 5.90. The maximum absolute atomic E-state index is 13.4. The summed E-state index contributed by atoms with van der Waals surface area (Å²) in [5, 5.41) is 3.60. The smallest absolute Gasteiger partial charge is 0.126 e. The fourth-order valence-corrected chi connectivity index (χ4v) is 2.78. The van der Waals surface area contributed by atoms with Crippen molar-refractivity contribution in [2.45, 2.75) is 46.2 Å².